The molecule has 0 heterocycles. The lowest BCUT2D eigenvalue weighted by atomic mass is 10.3. The second-order valence-corrected chi connectivity index (χ2v) is 4.01. The number of thiocarbonyl (C=S) groups is 1. The molecule has 1 atom stereocenters. The summed E-state index contributed by atoms with van der Waals surface area (Å²) >= 11 is 7.32. The summed E-state index contributed by atoms with van der Waals surface area (Å²) in [6, 6.07) is 0. The summed E-state index contributed by atoms with van der Waals surface area (Å²) in [6.07, 6.45) is 0. The number of hydrogen-bond acceptors (Lipinski definition) is 2. The molecule has 0 bridgehead atoms. The predicted octanol–water partition coefficient (Wildman–Crippen LogP) is 1.40. The number of halogens is 1. The zero-order valence-corrected chi connectivity index (χ0v) is 8.04. The Labute approximate surface area is 69.4 Å². The van der Waals surface area contributed by atoms with Crippen LogP contribution in [0.3, 0.4) is 0 Å². The molecule has 0 aromatic rings. The SMILES string of the molecule is CNCC(=S)C(C)I. The minimum atomic E-state index is 0.509. The first kappa shape index (κ1) is 8.78. The van der Waals surface area contributed by atoms with Crippen LogP contribution >= 0.6 is 34.8 Å². The molecule has 8 heavy (non-hydrogen) atoms. The van der Waals surface area contributed by atoms with E-state index < -0.39 is 0 Å². The lowest BCUT2D eigenvalue weighted by molar-refractivity contribution is 0.945. The normalized spacial score (nSPS) is 13.4. The van der Waals surface area contributed by atoms with Gasteiger partial charge in [0.2, 0.25) is 0 Å². The van der Waals surface area contributed by atoms with Crippen molar-refractivity contribution in [2.75, 3.05) is 13.6 Å². The highest BCUT2D eigenvalue weighted by Gasteiger charge is 2.00. The van der Waals surface area contributed by atoms with E-state index >= 15 is 0 Å². The summed E-state index contributed by atoms with van der Waals surface area (Å²) in [4.78, 5) is 1.09. The van der Waals surface area contributed by atoms with Gasteiger partial charge in [-0.2, -0.15) is 0 Å². The molecule has 1 unspecified atom stereocenters. The Kier molecular flexibility index (Phi) is 5.09. The minimum Gasteiger partial charge on any atom is -0.315 e. The van der Waals surface area contributed by atoms with Gasteiger partial charge >= 0.3 is 0 Å². The van der Waals surface area contributed by atoms with Gasteiger partial charge in [0.1, 0.15) is 0 Å². The van der Waals surface area contributed by atoms with Crippen LogP contribution in [0, 0.1) is 0 Å². The van der Waals surface area contributed by atoms with Gasteiger partial charge in [-0.25, -0.2) is 0 Å². The highest BCUT2D eigenvalue weighted by atomic mass is 127. The van der Waals surface area contributed by atoms with Crippen molar-refractivity contribution in [3.8, 4) is 0 Å². The third-order valence-electron chi connectivity index (χ3n) is 0.795. The molecule has 48 valence electrons. The van der Waals surface area contributed by atoms with Crippen molar-refractivity contribution in [3.63, 3.8) is 0 Å². The zero-order valence-electron chi connectivity index (χ0n) is 5.07. The number of hydrogen-bond donors (Lipinski definition) is 1. The van der Waals surface area contributed by atoms with E-state index in [4.69, 9.17) is 12.2 Å². The Morgan fingerprint density at radius 2 is 2.38 bits per heavy atom. The first-order chi connectivity index (χ1) is 3.68. The summed E-state index contributed by atoms with van der Waals surface area (Å²) in [5.41, 5.74) is 0. The van der Waals surface area contributed by atoms with E-state index in [9.17, 15) is 0 Å². The number of nitrogens with one attached hydrogen (secondary N) is 1. The molecule has 0 aromatic carbocycles. The molecule has 0 aliphatic heterocycles. The van der Waals surface area contributed by atoms with Gasteiger partial charge in [-0.05, 0) is 14.0 Å². The number of rotatable bonds is 3. The van der Waals surface area contributed by atoms with Gasteiger partial charge in [-0.3, -0.25) is 0 Å². The molecule has 0 saturated carbocycles. The van der Waals surface area contributed by atoms with Crippen molar-refractivity contribution in [2.24, 2.45) is 0 Å². The maximum Gasteiger partial charge on any atom is 0.0407 e. The van der Waals surface area contributed by atoms with Crippen LogP contribution in [0.2, 0.25) is 0 Å². The van der Waals surface area contributed by atoms with Crippen molar-refractivity contribution in [3.05, 3.63) is 0 Å². The fraction of sp³-hybridized carbons (Fsp3) is 0.800. The fourth-order valence-corrected chi connectivity index (χ4v) is 0.679. The fourth-order valence-electron chi connectivity index (χ4n) is 0.315. The maximum atomic E-state index is 5.01. The zero-order chi connectivity index (χ0) is 6.57. The molecular formula is C5H10INS. The Morgan fingerprint density at radius 3 is 2.50 bits per heavy atom. The van der Waals surface area contributed by atoms with Crippen LogP contribution in [0.1, 0.15) is 6.92 Å². The average Bonchev–Trinajstić information content (AvgIpc) is 1.67. The van der Waals surface area contributed by atoms with E-state index in [0.29, 0.717) is 3.92 Å². The Balaban J connectivity index is 3.33. The maximum absolute atomic E-state index is 5.01. The summed E-state index contributed by atoms with van der Waals surface area (Å²) < 4.78 is 0.509. The van der Waals surface area contributed by atoms with Crippen LogP contribution < -0.4 is 5.32 Å². The first-order valence-electron chi connectivity index (χ1n) is 2.50. The topological polar surface area (TPSA) is 12.0 Å². The lowest BCUT2D eigenvalue weighted by Crippen LogP contribution is -2.22. The van der Waals surface area contributed by atoms with Gasteiger partial charge in [-0.15, -0.1) is 0 Å². The molecule has 0 aliphatic carbocycles. The standard InChI is InChI=1S/C5H10INS/c1-4(6)5(8)3-7-2/h4,7H,3H2,1-2H3. The van der Waals surface area contributed by atoms with Gasteiger partial charge in [0.05, 0.1) is 0 Å². The van der Waals surface area contributed by atoms with Gasteiger partial charge < -0.3 is 5.32 Å². The molecule has 0 spiro atoms. The number of alkyl halides is 1. The van der Waals surface area contributed by atoms with E-state index in [1.165, 1.54) is 0 Å². The van der Waals surface area contributed by atoms with E-state index in [1.807, 2.05) is 7.05 Å². The molecule has 1 N–H and O–H groups in total. The van der Waals surface area contributed by atoms with E-state index in [2.05, 4.69) is 34.8 Å². The summed E-state index contributed by atoms with van der Waals surface area (Å²) in [6.45, 7) is 2.96. The van der Waals surface area contributed by atoms with Crippen molar-refractivity contribution in [1.82, 2.24) is 5.32 Å². The van der Waals surface area contributed by atoms with Gasteiger partial charge in [0.25, 0.3) is 0 Å². The second kappa shape index (κ2) is 4.64. The Hall–Kier alpha value is 0.780. The molecular weight excluding hydrogens is 233 g/mol. The minimum absolute atomic E-state index is 0.509. The van der Waals surface area contributed by atoms with Crippen molar-refractivity contribution in [2.45, 2.75) is 10.8 Å². The van der Waals surface area contributed by atoms with Gasteiger partial charge in [-0.1, -0.05) is 34.8 Å². The largest absolute Gasteiger partial charge is 0.315 e. The lowest BCUT2D eigenvalue weighted by Gasteiger charge is -2.02. The van der Waals surface area contributed by atoms with E-state index in [1.54, 1.807) is 0 Å². The van der Waals surface area contributed by atoms with Crippen molar-refractivity contribution < 1.29 is 0 Å². The van der Waals surface area contributed by atoms with Crippen LogP contribution in [-0.4, -0.2) is 22.4 Å². The third-order valence-corrected chi connectivity index (χ3v) is 2.47. The Bertz CT molecular complexity index is 82.5. The van der Waals surface area contributed by atoms with Crippen LogP contribution in [-0.2, 0) is 0 Å². The van der Waals surface area contributed by atoms with E-state index in [-0.39, 0.29) is 0 Å². The highest BCUT2D eigenvalue weighted by Crippen LogP contribution is 2.00. The molecule has 0 radical (unpaired) electrons. The Morgan fingerprint density at radius 1 is 1.88 bits per heavy atom. The van der Waals surface area contributed by atoms with E-state index in [0.717, 1.165) is 11.4 Å². The molecule has 0 saturated heterocycles. The highest BCUT2D eigenvalue weighted by molar-refractivity contribution is 14.1. The average molecular weight is 243 g/mol. The molecule has 0 amide bonds. The quantitative estimate of drug-likeness (QED) is 0.457. The molecule has 0 rings (SSSR count). The van der Waals surface area contributed by atoms with Crippen LogP contribution in [0.15, 0.2) is 0 Å². The smallest absolute Gasteiger partial charge is 0.0407 e. The van der Waals surface area contributed by atoms with Gasteiger partial charge in [0, 0.05) is 15.3 Å². The second-order valence-electron chi connectivity index (χ2n) is 1.61. The molecule has 0 fully saturated rings. The first-order valence-corrected chi connectivity index (χ1v) is 4.15. The monoisotopic (exact) mass is 243 g/mol. The molecule has 0 aliphatic rings. The molecule has 3 heteroatoms. The van der Waals surface area contributed by atoms with Crippen LogP contribution in [0.4, 0.5) is 0 Å². The molecule has 0 aromatic heterocycles. The predicted molar refractivity (Wildman–Crippen MR) is 50.0 cm³/mol. The van der Waals surface area contributed by atoms with Gasteiger partial charge in [0.15, 0.2) is 0 Å². The third kappa shape index (κ3) is 3.74. The van der Waals surface area contributed by atoms with Crippen LogP contribution in [0.5, 0.6) is 0 Å². The molecule has 1 nitrogen and oxygen atoms in total. The van der Waals surface area contributed by atoms with Crippen molar-refractivity contribution >= 4 is 39.7 Å². The van der Waals surface area contributed by atoms with Crippen LogP contribution in [0.25, 0.3) is 0 Å². The summed E-state index contributed by atoms with van der Waals surface area (Å²) in [5, 5.41) is 3.00. The van der Waals surface area contributed by atoms with Crippen molar-refractivity contribution in [1.29, 1.82) is 0 Å². The summed E-state index contributed by atoms with van der Waals surface area (Å²) in [7, 11) is 1.91. The summed E-state index contributed by atoms with van der Waals surface area (Å²) in [5.74, 6) is 0.